The zero-order valence-corrected chi connectivity index (χ0v) is 11.3. The van der Waals surface area contributed by atoms with Crippen molar-refractivity contribution < 1.29 is 14.7 Å². The first-order valence-corrected chi connectivity index (χ1v) is 6.61. The number of carboxylic acids is 1. The van der Waals surface area contributed by atoms with Crippen molar-refractivity contribution in [2.45, 2.75) is 52.0 Å². The number of hydrogen-bond acceptors (Lipinski definition) is 3. The lowest BCUT2D eigenvalue weighted by Gasteiger charge is -2.23. The molecule has 1 rings (SSSR count). The number of aliphatic carboxylic acids is 1. The Hall–Kier alpha value is -1.10. The average molecular weight is 256 g/mol. The Labute approximate surface area is 108 Å². The van der Waals surface area contributed by atoms with E-state index in [1.54, 1.807) is 0 Å². The zero-order valence-electron chi connectivity index (χ0n) is 11.3. The normalized spacial score (nSPS) is 15.4. The monoisotopic (exact) mass is 256 g/mol. The van der Waals surface area contributed by atoms with Crippen molar-refractivity contribution >= 4 is 11.9 Å². The van der Waals surface area contributed by atoms with Crippen molar-refractivity contribution in [2.24, 2.45) is 5.41 Å². The summed E-state index contributed by atoms with van der Waals surface area (Å²) in [6.07, 6.45) is 3.98. The van der Waals surface area contributed by atoms with Crippen molar-refractivity contribution in [2.75, 3.05) is 13.1 Å². The van der Waals surface area contributed by atoms with Crippen molar-refractivity contribution in [3.8, 4) is 0 Å². The molecule has 0 unspecified atom stereocenters. The van der Waals surface area contributed by atoms with Gasteiger partial charge in [0.25, 0.3) is 0 Å². The molecule has 1 amide bonds. The molecule has 18 heavy (non-hydrogen) atoms. The van der Waals surface area contributed by atoms with Gasteiger partial charge in [-0.1, -0.05) is 13.8 Å². The molecule has 5 nitrogen and oxygen atoms in total. The van der Waals surface area contributed by atoms with E-state index in [0.717, 1.165) is 6.42 Å². The van der Waals surface area contributed by atoms with Gasteiger partial charge in [0.2, 0.25) is 5.91 Å². The van der Waals surface area contributed by atoms with Crippen LogP contribution in [0.3, 0.4) is 0 Å². The third kappa shape index (κ3) is 7.27. The molecule has 0 radical (unpaired) electrons. The van der Waals surface area contributed by atoms with Gasteiger partial charge in [-0.25, -0.2) is 0 Å². The maximum atomic E-state index is 11.5. The highest BCUT2D eigenvalue weighted by atomic mass is 16.4. The summed E-state index contributed by atoms with van der Waals surface area (Å²) in [5.74, 6) is -0.739. The molecule has 0 aromatic rings. The standard InChI is InChI=1S/C13H24N2O3/c1-13(2,6-5-12(17)18)7-8-14-11(16)9-15-10-3-4-10/h10,15H,3-9H2,1-2H3,(H,14,16)(H,17,18). The van der Waals surface area contributed by atoms with E-state index in [1.807, 2.05) is 13.8 Å². The summed E-state index contributed by atoms with van der Waals surface area (Å²) in [5, 5.41) is 14.7. The number of carbonyl (C=O) groups excluding carboxylic acids is 1. The third-order valence-corrected chi connectivity index (χ3v) is 3.27. The smallest absolute Gasteiger partial charge is 0.303 e. The van der Waals surface area contributed by atoms with Gasteiger partial charge in [0.15, 0.2) is 0 Å². The van der Waals surface area contributed by atoms with Gasteiger partial charge in [-0.05, 0) is 31.1 Å². The number of carboxylic acid groups (broad SMARTS) is 1. The number of nitrogens with one attached hydrogen (secondary N) is 2. The van der Waals surface area contributed by atoms with E-state index in [1.165, 1.54) is 12.8 Å². The summed E-state index contributed by atoms with van der Waals surface area (Å²) in [5.41, 5.74) is -0.0460. The second-order valence-corrected chi connectivity index (χ2v) is 5.81. The van der Waals surface area contributed by atoms with E-state index in [4.69, 9.17) is 5.11 Å². The van der Waals surface area contributed by atoms with Gasteiger partial charge in [-0.2, -0.15) is 0 Å². The summed E-state index contributed by atoms with van der Waals surface area (Å²) >= 11 is 0. The minimum absolute atomic E-state index is 0.0240. The van der Waals surface area contributed by atoms with Crippen LogP contribution in [0.5, 0.6) is 0 Å². The van der Waals surface area contributed by atoms with E-state index < -0.39 is 5.97 Å². The Morgan fingerprint density at radius 1 is 1.28 bits per heavy atom. The van der Waals surface area contributed by atoms with Crippen LogP contribution in [-0.2, 0) is 9.59 Å². The largest absolute Gasteiger partial charge is 0.481 e. The number of hydrogen-bond donors (Lipinski definition) is 3. The first-order chi connectivity index (χ1) is 8.39. The molecule has 0 saturated heterocycles. The van der Waals surface area contributed by atoms with Crippen molar-refractivity contribution in [1.29, 1.82) is 0 Å². The quantitative estimate of drug-likeness (QED) is 0.578. The highest BCUT2D eigenvalue weighted by Gasteiger charge is 2.22. The highest BCUT2D eigenvalue weighted by molar-refractivity contribution is 5.78. The molecule has 1 aliphatic rings. The predicted molar refractivity (Wildman–Crippen MR) is 69.3 cm³/mol. The predicted octanol–water partition coefficient (Wildman–Crippen LogP) is 1.14. The van der Waals surface area contributed by atoms with Crippen LogP contribution < -0.4 is 10.6 Å². The van der Waals surface area contributed by atoms with Crippen LogP contribution in [0.1, 0.15) is 46.0 Å². The van der Waals surface area contributed by atoms with Crippen LogP contribution in [0.4, 0.5) is 0 Å². The first-order valence-electron chi connectivity index (χ1n) is 6.61. The fourth-order valence-electron chi connectivity index (χ4n) is 1.70. The lowest BCUT2D eigenvalue weighted by molar-refractivity contribution is -0.137. The van der Waals surface area contributed by atoms with E-state index in [2.05, 4.69) is 10.6 Å². The fourth-order valence-corrected chi connectivity index (χ4v) is 1.70. The topological polar surface area (TPSA) is 78.4 Å². The lowest BCUT2D eigenvalue weighted by Crippen LogP contribution is -2.36. The molecule has 0 aliphatic heterocycles. The summed E-state index contributed by atoms with van der Waals surface area (Å²) in [7, 11) is 0. The lowest BCUT2D eigenvalue weighted by atomic mass is 9.84. The molecular weight excluding hydrogens is 232 g/mol. The Balaban J connectivity index is 2.06. The second-order valence-electron chi connectivity index (χ2n) is 5.81. The minimum atomic E-state index is -0.763. The molecule has 0 atom stereocenters. The Morgan fingerprint density at radius 2 is 1.94 bits per heavy atom. The third-order valence-electron chi connectivity index (χ3n) is 3.27. The molecule has 3 N–H and O–H groups in total. The molecule has 0 bridgehead atoms. The maximum absolute atomic E-state index is 11.5. The van der Waals surface area contributed by atoms with Gasteiger partial charge in [-0.15, -0.1) is 0 Å². The zero-order chi connectivity index (χ0) is 13.6. The van der Waals surface area contributed by atoms with E-state index >= 15 is 0 Å². The van der Waals surface area contributed by atoms with Gasteiger partial charge in [0, 0.05) is 19.0 Å². The minimum Gasteiger partial charge on any atom is -0.481 e. The van der Waals surface area contributed by atoms with Crippen LogP contribution in [0.2, 0.25) is 0 Å². The van der Waals surface area contributed by atoms with Gasteiger partial charge in [-0.3, -0.25) is 9.59 Å². The molecule has 0 aromatic heterocycles. The van der Waals surface area contributed by atoms with E-state index in [-0.39, 0.29) is 17.7 Å². The molecule has 0 heterocycles. The Kier molecular flexibility index (Phi) is 5.59. The molecule has 0 spiro atoms. The van der Waals surface area contributed by atoms with Crippen molar-refractivity contribution in [3.63, 3.8) is 0 Å². The SMILES string of the molecule is CC(C)(CCNC(=O)CNC1CC1)CCC(=O)O. The second kappa shape index (κ2) is 6.73. The Bertz CT molecular complexity index is 299. The molecule has 1 aliphatic carbocycles. The molecule has 104 valence electrons. The molecule has 1 fully saturated rings. The van der Waals surface area contributed by atoms with Crippen LogP contribution in [0.15, 0.2) is 0 Å². The molecule has 1 saturated carbocycles. The average Bonchev–Trinajstić information content (AvgIpc) is 3.07. The summed E-state index contributed by atoms with van der Waals surface area (Å²) < 4.78 is 0. The van der Waals surface area contributed by atoms with Gasteiger partial charge in [0.1, 0.15) is 0 Å². The van der Waals surface area contributed by atoms with Gasteiger partial charge < -0.3 is 15.7 Å². The first kappa shape index (κ1) is 15.0. The highest BCUT2D eigenvalue weighted by Crippen LogP contribution is 2.25. The van der Waals surface area contributed by atoms with Crippen LogP contribution in [0, 0.1) is 5.41 Å². The van der Waals surface area contributed by atoms with Crippen LogP contribution >= 0.6 is 0 Å². The van der Waals surface area contributed by atoms with Crippen molar-refractivity contribution in [1.82, 2.24) is 10.6 Å². The summed E-state index contributed by atoms with van der Waals surface area (Å²) in [6.45, 7) is 5.06. The molecule has 5 heteroatoms. The number of amides is 1. The maximum Gasteiger partial charge on any atom is 0.303 e. The fraction of sp³-hybridized carbons (Fsp3) is 0.846. The summed E-state index contributed by atoms with van der Waals surface area (Å²) in [6, 6.07) is 0.544. The summed E-state index contributed by atoms with van der Waals surface area (Å²) in [4.78, 5) is 22.0. The van der Waals surface area contributed by atoms with Gasteiger partial charge >= 0.3 is 5.97 Å². The number of rotatable bonds is 9. The van der Waals surface area contributed by atoms with E-state index in [0.29, 0.717) is 25.6 Å². The molecule has 0 aromatic carbocycles. The van der Waals surface area contributed by atoms with Crippen molar-refractivity contribution in [3.05, 3.63) is 0 Å². The van der Waals surface area contributed by atoms with Crippen LogP contribution in [-0.4, -0.2) is 36.1 Å². The Morgan fingerprint density at radius 3 is 2.50 bits per heavy atom. The van der Waals surface area contributed by atoms with E-state index in [9.17, 15) is 9.59 Å². The van der Waals surface area contributed by atoms with Crippen LogP contribution in [0.25, 0.3) is 0 Å². The molecular formula is C13H24N2O3. The van der Waals surface area contributed by atoms with Gasteiger partial charge in [0.05, 0.1) is 6.54 Å². The number of carbonyl (C=O) groups is 2.